The van der Waals surface area contributed by atoms with E-state index in [2.05, 4.69) is 0 Å². The predicted molar refractivity (Wildman–Crippen MR) is 83.9 cm³/mol. The highest BCUT2D eigenvalue weighted by molar-refractivity contribution is 5.75. The average molecular weight is 348 g/mol. The molecule has 0 spiro atoms. The summed E-state index contributed by atoms with van der Waals surface area (Å²) in [6.45, 7) is -0.628. The summed E-state index contributed by atoms with van der Waals surface area (Å²) in [7, 11) is 1.31. The average Bonchev–Trinajstić information content (AvgIpc) is 2.60. The van der Waals surface area contributed by atoms with Crippen molar-refractivity contribution in [1.82, 2.24) is 0 Å². The van der Waals surface area contributed by atoms with E-state index in [0.29, 0.717) is 0 Å². The summed E-state index contributed by atoms with van der Waals surface area (Å²) in [4.78, 5) is 32.2. The largest absolute Gasteiger partial charge is 0.493 e. The quantitative estimate of drug-likeness (QED) is 0.323. The molecule has 0 N–H and O–H groups in total. The lowest BCUT2D eigenvalue weighted by Crippen LogP contribution is -2.18. The summed E-state index contributed by atoms with van der Waals surface area (Å²) in [5.41, 5.74) is -0.591. The highest BCUT2D eigenvalue weighted by Gasteiger charge is 2.18. The first-order valence-electron chi connectivity index (χ1n) is 6.81. The Morgan fingerprint density at radius 1 is 1.00 bits per heavy atom. The Bertz CT molecular complexity index is 821. The van der Waals surface area contributed by atoms with Crippen molar-refractivity contribution in [3.8, 4) is 17.2 Å². The van der Waals surface area contributed by atoms with Crippen molar-refractivity contribution in [2.24, 2.45) is 0 Å². The molecule has 130 valence electrons. The molecule has 0 radical (unpaired) electrons. The van der Waals surface area contributed by atoms with E-state index in [4.69, 9.17) is 14.2 Å². The number of methoxy groups -OCH3 is 1. The van der Waals surface area contributed by atoms with E-state index in [1.165, 1.54) is 43.5 Å². The summed E-state index contributed by atoms with van der Waals surface area (Å²) in [6.07, 6.45) is 0. The van der Waals surface area contributed by atoms with Gasteiger partial charge in [-0.2, -0.15) is 0 Å². The molecule has 0 unspecified atom stereocenters. The molecule has 10 heteroatoms. The van der Waals surface area contributed by atoms with Crippen LogP contribution in [0.1, 0.15) is 0 Å². The molecular formula is C15H12N2O8. The van der Waals surface area contributed by atoms with Crippen LogP contribution in [0.3, 0.4) is 0 Å². The molecule has 0 atom stereocenters. The van der Waals surface area contributed by atoms with Gasteiger partial charge in [0.15, 0.2) is 23.9 Å². The third-order valence-corrected chi connectivity index (χ3v) is 2.99. The minimum absolute atomic E-state index is 0.101. The van der Waals surface area contributed by atoms with E-state index in [1.807, 2.05) is 0 Å². The molecule has 0 amide bonds. The molecule has 0 aliphatic heterocycles. The van der Waals surface area contributed by atoms with Crippen LogP contribution in [0.5, 0.6) is 17.2 Å². The van der Waals surface area contributed by atoms with Gasteiger partial charge in [0.05, 0.1) is 23.0 Å². The summed E-state index contributed by atoms with van der Waals surface area (Å²) in [5, 5.41) is 21.7. The standard InChI is InChI=1S/C15H12N2O8/c1-23-13-7-6-10(16(19)20)8-14(13)25-15(18)9-24-12-5-3-2-4-11(12)17(21)22/h2-8H,9H2,1H3. The van der Waals surface area contributed by atoms with Crippen molar-refractivity contribution in [2.75, 3.05) is 13.7 Å². The van der Waals surface area contributed by atoms with E-state index in [1.54, 1.807) is 0 Å². The van der Waals surface area contributed by atoms with Gasteiger partial charge in [-0.05, 0) is 12.1 Å². The number of hydrogen-bond acceptors (Lipinski definition) is 8. The van der Waals surface area contributed by atoms with Gasteiger partial charge in [0, 0.05) is 12.1 Å². The van der Waals surface area contributed by atoms with Crippen molar-refractivity contribution in [2.45, 2.75) is 0 Å². The number of benzene rings is 2. The van der Waals surface area contributed by atoms with Gasteiger partial charge in [0.1, 0.15) is 0 Å². The first-order valence-corrected chi connectivity index (χ1v) is 6.81. The highest BCUT2D eigenvalue weighted by Crippen LogP contribution is 2.31. The molecule has 0 bridgehead atoms. The molecule has 0 saturated carbocycles. The van der Waals surface area contributed by atoms with Crippen molar-refractivity contribution >= 4 is 17.3 Å². The first kappa shape index (κ1) is 17.7. The van der Waals surface area contributed by atoms with Crippen LogP contribution in [0.25, 0.3) is 0 Å². The van der Waals surface area contributed by atoms with E-state index in [-0.39, 0.29) is 28.6 Å². The minimum Gasteiger partial charge on any atom is -0.493 e. The number of para-hydroxylation sites is 2. The van der Waals surface area contributed by atoms with Crippen LogP contribution in [0, 0.1) is 20.2 Å². The van der Waals surface area contributed by atoms with Crippen LogP contribution in [0.4, 0.5) is 11.4 Å². The molecule has 2 aromatic carbocycles. The van der Waals surface area contributed by atoms with Crippen molar-refractivity contribution in [3.05, 3.63) is 62.7 Å². The van der Waals surface area contributed by atoms with E-state index >= 15 is 0 Å². The summed E-state index contributed by atoms with van der Waals surface area (Å²) in [6, 6.07) is 9.03. The number of non-ortho nitro benzene ring substituents is 1. The second-order valence-electron chi connectivity index (χ2n) is 4.58. The summed E-state index contributed by atoms with van der Waals surface area (Å²) in [5.74, 6) is -1.05. The van der Waals surface area contributed by atoms with Crippen LogP contribution in [0.15, 0.2) is 42.5 Å². The van der Waals surface area contributed by atoms with E-state index in [0.717, 1.165) is 6.07 Å². The zero-order valence-corrected chi connectivity index (χ0v) is 12.9. The first-order chi connectivity index (χ1) is 11.9. The van der Waals surface area contributed by atoms with Gasteiger partial charge in [0.2, 0.25) is 0 Å². The number of esters is 1. The second kappa shape index (κ2) is 7.73. The molecule has 0 heterocycles. The molecule has 0 aromatic heterocycles. The predicted octanol–water partition coefficient (Wildman–Crippen LogP) is 2.50. The van der Waals surface area contributed by atoms with Gasteiger partial charge in [0.25, 0.3) is 5.69 Å². The molecule has 25 heavy (non-hydrogen) atoms. The van der Waals surface area contributed by atoms with Crippen LogP contribution in [-0.4, -0.2) is 29.5 Å². The maximum absolute atomic E-state index is 11.9. The maximum atomic E-state index is 11.9. The fraction of sp³-hybridized carbons (Fsp3) is 0.133. The van der Waals surface area contributed by atoms with Crippen LogP contribution < -0.4 is 14.2 Å². The number of nitro benzene ring substituents is 2. The van der Waals surface area contributed by atoms with Crippen molar-refractivity contribution < 1.29 is 28.9 Å². The van der Waals surface area contributed by atoms with Gasteiger partial charge in [-0.15, -0.1) is 0 Å². The number of rotatable bonds is 7. The zero-order valence-electron chi connectivity index (χ0n) is 12.9. The number of nitro groups is 2. The smallest absolute Gasteiger partial charge is 0.349 e. The highest BCUT2D eigenvalue weighted by atomic mass is 16.6. The third-order valence-electron chi connectivity index (χ3n) is 2.99. The number of nitrogens with zero attached hydrogens (tertiary/aromatic N) is 2. The third kappa shape index (κ3) is 4.41. The number of carbonyl (C=O) groups excluding carboxylic acids is 1. The lowest BCUT2D eigenvalue weighted by molar-refractivity contribution is -0.385. The Morgan fingerprint density at radius 2 is 1.72 bits per heavy atom. The summed E-state index contributed by atoms with van der Waals surface area (Å²) >= 11 is 0. The number of carbonyl (C=O) groups is 1. The lowest BCUT2D eigenvalue weighted by Gasteiger charge is -2.10. The van der Waals surface area contributed by atoms with E-state index in [9.17, 15) is 25.0 Å². The normalized spacial score (nSPS) is 9.96. The van der Waals surface area contributed by atoms with Crippen LogP contribution >= 0.6 is 0 Å². The number of hydrogen-bond donors (Lipinski definition) is 0. The Hall–Kier alpha value is -3.69. The second-order valence-corrected chi connectivity index (χ2v) is 4.58. The van der Waals surface area contributed by atoms with Gasteiger partial charge >= 0.3 is 11.7 Å². The zero-order chi connectivity index (χ0) is 18.4. The molecule has 0 aliphatic rings. The Kier molecular flexibility index (Phi) is 5.46. The molecular weight excluding hydrogens is 336 g/mol. The van der Waals surface area contributed by atoms with Gasteiger partial charge in [-0.25, -0.2) is 4.79 Å². The fourth-order valence-corrected chi connectivity index (χ4v) is 1.88. The lowest BCUT2D eigenvalue weighted by atomic mass is 10.3. The van der Waals surface area contributed by atoms with Crippen LogP contribution in [-0.2, 0) is 4.79 Å². The monoisotopic (exact) mass is 348 g/mol. The number of ether oxygens (including phenoxy) is 3. The Morgan fingerprint density at radius 3 is 2.36 bits per heavy atom. The molecule has 0 saturated heterocycles. The molecule has 2 aromatic rings. The Labute approximate surface area is 140 Å². The van der Waals surface area contributed by atoms with Gasteiger partial charge in [-0.1, -0.05) is 12.1 Å². The fourth-order valence-electron chi connectivity index (χ4n) is 1.88. The SMILES string of the molecule is COc1ccc([N+](=O)[O-])cc1OC(=O)COc1ccccc1[N+](=O)[O-]. The molecule has 0 fully saturated rings. The van der Waals surface area contributed by atoms with Gasteiger partial charge < -0.3 is 14.2 Å². The topological polar surface area (TPSA) is 131 Å². The summed E-state index contributed by atoms with van der Waals surface area (Å²) < 4.78 is 15.0. The molecule has 2 rings (SSSR count). The molecule has 0 aliphatic carbocycles. The van der Waals surface area contributed by atoms with Gasteiger partial charge in [-0.3, -0.25) is 20.2 Å². The molecule has 10 nitrogen and oxygen atoms in total. The Balaban J connectivity index is 2.09. The van der Waals surface area contributed by atoms with Crippen molar-refractivity contribution in [1.29, 1.82) is 0 Å². The van der Waals surface area contributed by atoms with E-state index < -0.39 is 22.4 Å². The van der Waals surface area contributed by atoms with Crippen LogP contribution in [0.2, 0.25) is 0 Å². The maximum Gasteiger partial charge on any atom is 0.349 e. The van der Waals surface area contributed by atoms with Crippen molar-refractivity contribution in [3.63, 3.8) is 0 Å². The minimum atomic E-state index is -0.906.